The second-order valence-electron chi connectivity index (χ2n) is 5.83. The number of nitrogens with one attached hydrogen (secondary N) is 2. The fourth-order valence-electron chi connectivity index (χ4n) is 2.22. The molecule has 0 radical (unpaired) electrons. The maximum atomic E-state index is 11.8. The topological polar surface area (TPSA) is 85.9 Å². The normalized spacial score (nSPS) is 10.0. The van der Waals surface area contributed by atoms with Crippen molar-refractivity contribution >= 4 is 11.8 Å². The van der Waals surface area contributed by atoms with Crippen molar-refractivity contribution in [2.24, 2.45) is 0 Å². The van der Waals surface area contributed by atoms with E-state index in [-0.39, 0.29) is 13.2 Å². The van der Waals surface area contributed by atoms with E-state index in [1.165, 1.54) is 12.7 Å². The van der Waals surface area contributed by atoms with Gasteiger partial charge >= 0.3 is 0 Å². The van der Waals surface area contributed by atoms with Gasteiger partial charge in [0.1, 0.15) is 5.75 Å². The molecule has 0 aliphatic heterocycles. The minimum atomic E-state index is -0.502. The van der Waals surface area contributed by atoms with Gasteiger partial charge < -0.3 is 14.2 Å². The summed E-state index contributed by atoms with van der Waals surface area (Å²) in [4.78, 5) is 23.5. The maximum absolute atomic E-state index is 11.8. The smallest absolute Gasteiger partial charge is 0.276 e. The standard InChI is InChI=1S/C20H24N2O5/c1-4-15-6-8-16(9-7-15)26-12-19(23)21-22-20(24)13-27-17-10-5-14(2)11-18(17)25-3/h5-11H,4,12-13H2,1-3H3,(H,21,23)(H,22,24). The van der Waals surface area contributed by atoms with Crippen molar-refractivity contribution < 1.29 is 23.8 Å². The summed E-state index contributed by atoms with van der Waals surface area (Å²) < 4.78 is 16.0. The van der Waals surface area contributed by atoms with Crippen LogP contribution in [0, 0.1) is 6.92 Å². The molecule has 0 spiro atoms. The Bertz CT molecular complexity index is 774. The zero-order chi connectivity index (χ0) is 19.6. The number of rotatable bonds is 8. The Hall–Kier alpha value is -3.22. The van der Waals surface area contributed by atoms with Gasteiger partial charge in [0.25, 0.3) is 11.8 Å². The van der Waals surface area contributed by atoms with Crippen LogP contribution in [0.2, 0.25) is 0 Å². The average Bonchev–Trinajstić information content (AvgIpc) is 2.69. The summed E-state index contributed by atoms with van der Waals surface area (Å²) in [6.45, 7) is 3.51. The van der Waals surface area contributed by atoms with Crippen molar-refractivity contribution in [3.8, 4) is 17.2 Å². The molecule has 2 amide bonds. The second-order valence-corrected chi connectivity index (χ2v) is 5.83. The number of methoxy groups -OCH3 is 1. The number of amides is 2. The van der Waals surface area contributed by atoms with Gasteiger partial charge in [-0.2, -0.15) is 0 Å². The number of hydrogen-bond acceptors (Lipinski definition) is 5. The number of ether oxygens (including phenoxy) is 3. The van der Waals surface area contributed by atoms with Crippen LogP contribution in [0.3, 0.4) is 0 Å². The first kappa shape index (κ1) is 20.1. The molecule has 27 heavy (non-hydrogen) atoms. The highest BCUT2D eigenvalue weighted by molar-refractivity contribution is 5.83. The van der Waals surface area contributed by atoms with E-state index in [0.29, 0.717) is 17.2 Å². The SMILES string of the molecule is CCc1ccc(OCC(=O)NNC(=O)COc2ccc(C)cc2OC)cc1. The molecule has 0 unspecified atom stereocenters. The van der Waals surface area contributed by atoms with Crippen LogP contribution in [0.15, 0.2) is 42.5 Å². The molecule has 0 saturated carbocycles. The molecule has 0 aliphatic rings. The molecule has 0 bridgehead atoms. The van der Waals surface area contributed by atoms with Crippen LogP contribution in [0.4, 0.5) is 0 Å². The molecule has 0 fully saturated rings. The van der Waals surface area contributed by atoms with Gasteiger partial charge in [-0.1, -0.05) is 25.1 Å². The van der Waals surface area contributed by atoms with E-state index < -0.39 is 11.8 Å². The van der Waals surface area contributed by atoms with Crippen molar-refractivity contribution in [1.29, 1.82) is 0 Å². The van der Waals surface area contributed by atoms with Crippen LogP contribution in [0.1, 0.15) is 18.1 Å². The van der Waals surface area contributed by atoms with E-state index in [1.54, 1.807) is 24.3 Å². The lowest BCUT2D eigenvalue weighted by Crippen LogP contribution is -2.45. The van der Waals surface area contributed by atoms with E-state index in [2.05, 4.69) is 17.8 Å². The zero-order valence-electron chi connectivity index (χ0n) is 15.7. The summed E-state index contributed by atoms with van der Waals surface area (Å²) in [6, 6.07) is 12.8. The van der Waals surface area contributed by atoms with Crippen molar-refractivity contribution in [2.45, 2.75) is 20.3 Å². The molecule has 0 atom stereocenters. The van der Waals surface area contributed by atoms with Gasteiger partial charge in [0, 0.05) is 0 Å². The summed E-state index contributed by atoms with van der Waals surface area (Å²) in [5.74, 6) is 0.593. The first-order valence-corrected chi connectivity index (χ1v) is 8.58. The monoisotopic (exact) mass is 372 g/mol. The third-order valence-electron chi connectivity index (χ3n) is 3.72. The molecule has 7 nitrogen and oxygen atoms in total. The fraction of sp³-hybridized carbons (Fsp3) is 0.300. The number of hydrazine groups is 1. The molecule has 0 aliphatic carbocycles. The predicted octanol–water partition coefficient (Wildman–Crippen LogP) is 2.17. The molecule has 144 valence electrons. The molecular formula is C20H24N2O5. The quantitative estimate of drug-likeness (QED) is 0.694. The fourth-order valence-corrected chi connectivity index (χ4v) is 2.22. The Kier molecular flexibility index (Phi) is 7.49. The van der Waals surface area contributed by atoms with E-state index in [0.717, 1.165) is 12.0 Å². The van der Waals surface area contributed by atoms with E-state index in [1.807, 2.05) is 25.1 Å². The highest BCUT2D eigenvalue weighted by Gasteiger charge is 2.09. The van der Waals surface area contributed by atoms with Crippen LogP contribution in [-0.4, -0.2) is 32.1 Å². The lowest BCUT2D eigenvalue weighted by atomic mass is 10.2. The summed E-state index contributed by atoms with van der Waals surface area (Å²) in [5, 5.41) is 0. The Morgan fingerprint density at radius 1 is 0.889 bits per heavy atom. The van der Waals surface area contributed by atoms with Crippen molar-refractivity contribution in [3.05, 3.63) is 53.6 Å². The number of carbonyl (C=O) groups is 2. The minimum absolute atomic E-state index is 0.210. The lowest BCUT2D eigenvalue weighted by Gasteiger charge is -2.12. The Morgan fingerprint density at radius 3 is 2.11 bits per heavy atom. The molecule has 0 heterocycles. The molecule has 7 heteroatoms. The average molecular weight is 372 g/mol. The van der Waals surface area contributed by atoms with Crippen molar-refractivity contribution in [2.75, 3.05) is 20.3 Å². The van der Waals surface area contributed by atoms with Crippen LogP contribution < -0.4 is 25.1 Å². The molecule has 2 aromatic rings. The number of aryl methyl sites for hydroxylation is 2. The largest absolute Gasteiger partial charge is 0.493 e. The summed E-state index contributed by atoms with van der Waals surface area (Å²) >= 11 is 0. The molecule has 2 N–H and O–H groups in total. The molecule has 2 rings (SSSR count). The van der Waals surface area contributed by atoms with Crippen molar-refractivity contribution in [1.82, 2.24) is 10.9 Å². The third-order valence-corrected chi connectivity index (χ3v) is 3.72. The summed E-state index contributed by atoms with van der Waals surface area (Å²) in [5.41, 5.74) is 6.74. The maximum Gasteiger partial charge on any atom is 0.276 e. The van der Waals surface area contributed by atoms with Crippen LogP contribution in [0.25, 0.3) is 0 Å². The van der Waals surface area contributed by atoms with Gasteiger partial charge in [0.2, 0.25) is 0 Å². The zero-order valence-corrected chi connectivity index (χ0v) is 15.7. The highest BCUT2D eigenvalue weighted by atomic mass is 16.5. The summed E-state index contributed by atoms with van der Waals surface area (Å²) in [7, 11) is 1.53. The predicted molar refractivity (Wildman–Crippen MR) is 101 cm³/mol. The van der Waals surface area contributed by atoms with Gasteiger partial charge in [-0.15, -0.1) is 0 Å². The number of hydrogen-bond donors (Lipinski definition) is 2. The molecule has 0 saturated heterocycles. The second kappa shape index (κ2) is 10.1. The summed E-state index contributed by atoms with van der Waals surface area (Å²) in [6.07, 6.45) is 0.934. The first-order chi connectivity index (χ1) is 13.0. The molecule has 0 aromatic heterocycles. The van der Waals surface area contributed by atoms with Gasteiger partial charge in [0.15, 0.2) is 24.7 Å². The minimum Gasteiger partial charge on any atom is -0.493 e. The van der Waals surface area contributed by atoms with E-state index >= 15 is 0 Å². The Morgan fingerprint density at radius 2 is 1.52 bits per heavy atom. The number of carbonyl (C=O) groups excluding carboxylic acids is 2. The Labute approximate surface area is 158 Å². The number of benzene rings is 2. The van der Waals surface area contributed by atoms with Crippen LogP contribution >= 0.6 is 0 Å². The van der Waals surface area contributed by atoms with Gasteiger partial charge in [0.05, 0.1) is 7.11 Å². The highest BCUT2D eigenvalue weighted by Crippen LogP contribution is 2.27. The van der Waals surface area contributed by atoms with Crippen LogP contribution in [0.5, 0.6) is 17.2 Å². The van der Waals surface area contributed by atoms with E-state index in [4.69, 9.17) is 14.2 Å². The van der Waals surface area contributed by atoms with Crippen LogP contribution in [-0.2, 0) is 16.0 Å². The lowest BCUT2D eigenvalue weighted by molar-refractivity contribution is -0.131. The molecule has 2 aromatic carbocycles. The molecular weight excluding hydrogens is 348 g/mol. The third kappa shape index (κ3) is 6.54. The van der Waals surface area contributed by atoms with Gasteiger partial charge in [-0.3, -0.25) is 20.4 Å². The first-order valence-electron chi connectivity index (χ1n) is 8.58. The van der Waals surface area contributed by atoms with Gasteiger partial charge in [-0.25, -0.2) is 0 Å². The van der Waals surface area contributed by atoms with Crippen molar-refractivity contribution in [3.63, 3.8) is 0 Å². The van der Waals surface area contributed by atoms with E-state index in [9.17, 15) is 9.59 Å². The van der Waals surface area contributed by atoms with Gasteiger partial charge in [-0.05, 0) is 48.7 Å². The Balaban J connectivity index is 1.70.